The summed E-state index contributed by atoms with van der Waals surface area (Å²) in [6, 6.07) is 0. The molecule has 1 aliphatic heterocycles. The van der Waals surface area contributed by atoms with E-state index in [0.717, 1.165) is 0 Å². The summed E-state index contributed by atoms with van der Waals surface area (Å²) in [7, 11) is 0. The van der Waals surface area contributed by atoms with Crippen LogP contribution in [0.5, 0.6) is 0 Å². The molecule has 1 aliphatic rings. The van der Waals surface area contributed by atoms with Crippen LogP contribution in [-0.4, -0.2) is 38.9 Å². The molecule has 0 unspecified atom stereocenters. The number of ether oxygens (including phenoxy) is 2. The summed E-state index contributed by atoms with van der Waals surface area (Å²) in [6.45, 7) is 3.48. The van der Waals surface area contributed by atoms with Gasteiger partial charge < -0.3 is 9.47 Å². The highest BCUT2D eigenvalue weighted by atomic mass is 16.7. The van der Waals surface area contributed by atoms with Gasteiger partial charge in [0.25, 0.3) is 0 Å². The first kappa shape index (κ1) is 11.9. The number of rotatable bonds is 3. The highest BCUT2D eigenvalue weighted by molar-refractivity contribution is 4.83. The van der Waals surface area contributed by atoms with Crippen molar-refractivity contribution >= 4 is 0 Å². The van der Waals surface area contributed by atoms with Crippen LogP contribution in [0.4, 0.5) is 0 Å². The van der Waals surface area contributed by atoms with Crippen LogP contribution in [0.3, 0.4) is 0 Å². The fourth-order valence-electron chi connectivity index (χ4n) is 1.58. The van der Waals surface area contributed by atoms with Crippen LogP contribution in [0, 0.1) is 10.1 Å². The van der Waals surface area contributed by atoms with Gasteiger partial charge in [0.2, 0.25) is 0 Å². The maximum absolute atomic E-state index is 11.2. The van der Waals surface area contributed by atoms with Crippen LogP contribution >= 0.6 is 0 Å². The highest BCUT2D eigenvalue weighted by Gasteiger charge is 2.53. The third kappa shape index (κ3) is 1.89. The molecule has 0 saturated carbocycles. The number of hydrogen-bond acceptors (Lipinski definition) is 6. The minimum absolute atomic E-state index is 0.0896. The number of hydrogen-bond donors (Lipinski definition) is 0. The maximum Gasteiger partial charge on any atom is 0.361 e. The molecule has 0 spiro atoms. The van der Waals surface area contributed by atoms with E-state index in [0.29, 0.717) is 6.42 Å². The predicted molar refractivity (Wildman–Crippen MR) is 55.6 cm³/mol. The molecule has 8 heteroatoms. The van der Waals surface area contributed by atoms with Crippen molar-refractivity contribution in [3.63, 3.8) is 0 Å². The van der Waals surface area contributed by atoms with E-state index in [9.17, 15) is 10.1 Å². The van der Waals surface area contributed by atoms with Gasteiger partial charge in [-0.25, -0.2) is 0 Å². The Morgan fingerprint density at radius 2 is 2.18 bits per heavy atom. The van der Waals surface area contributed by atoms with E-state index < -0.39 is 16.4 Å². The van der Waals surface area contributed by atoms with Crippen molar-refractivity contribution in [3.8, 4) is 0 Å². The van der Waals surface area contributed by atoms with Gasteiger partial charge in [0.05, 0.1) is 17.3 Å². The standard InChI is InChI=1S/C9H14N4O4/c1-3-8(2)16-6-9(7-17-8,13(14)15)12-5-4-10-11-12/h4-5H,3,6-7H2,1-2H3. The zero-order chi connectivity index (χ0) is 12.5. The second kappa shape index (κ2) is 4.04. The predicted octanol–water partition coefficient (Wildman–Crippen LogP) is 0.381. The smallest absolute Gasteiger partial charge is 0.340 e. The molecule has 1 fully saturated rings. The maximum atomic E-state index is 11.2. The summed E-state index contributed by atoms with van der Waals surface area (Å²) in [5.41, 5.74) is -1.52. The molecule has 8 nitrogen and oxygen atoms in total. The first-order valence-electron chi connectivity index (χ1n) is 5.32. The van der Waals surface area contributed by atoms with Gasteiger partial charge in [-0.2, -0.15) is 4.68 Å². The number of aromatic nitrogens is 3. The molecule has 0 radical (unpaired) electrons. The molecular formula is C9H14N4O4. The molecule has 17 heavy (non-hydrogen) atoms. The van der Waals surface area contributed by atoms with E-state index in [2.05, 4.69) is 10.3 Å². The van der Waals surface area contributed by atoms with E-state index in [1.807, 2.05) is 6.92 Å². The van der Waals surface area contributed by atoms with E-state index in [1.165, 1.54) is 17.1 Å². The first-order chi connectivity index (χ1) is 8.02. The minimum atomic E-state index is -1.52. The van der Waals surface area contributed by atoms with E-state index in [4.69, 9.17) is 9.47 Å². The summed E-state index contributed by atoms with van der Waals surface area (Å²) in [4.78, 5) is 10.8. The number of nitro groups is 1. The molecule has 0 aliphatic carbocycles. The molecule has 1 saturated heterocycles. The summed E-state index contributed by atoms with van der Waals surface area (Å²) >= 11 is 0. The van der Waals surface area contributed by atoms with Crippen molar-refractivity contribution < 1.29 is 14.4 Å². The lowest BCUT2D eigenvalue weighted by Crippen LogP contribution is -2.57. The average molecular weight is 242 g/mol. The Kier molecular flexibility index (Phi) is 2.84. The Morgan fingerprint density at radius 3 is 2.59 bits per heavy atom. The molecule has 94 valence electrons. The zero-order valence-corrected chi connectivity index (χ0v) is 9.70. The van der Waals surface area contributed by atoms with Gasteiger partial charge in [-0.1, -0.05) is 12.1 Å². The summed E-state index contributed by atoms with van der Waals surface area (Å²) in [5.74, 6) is -0.764. The monoisotopic (exact) mass is 242 g/mol. The van der Waals surface area contributed by atoms with Crippen LogP contribution in [0.2, 0.25) is 0 Å². The van der Waals surface area contributed by atoms with Gasteiger partial charge in [0, 0.05) is 0 Å². The third-order valence-corrected chi connectivity index (χ3v) is 3.05. The molecular weight excluding hydrogens is 228 g/mol. The normalized spacial score (nSPS) is 33.5. The van der Waals surface area contributed by atoms with Crippen molar-refractivity contribution in [2.75, 3.05) is 13.2 Å². The van der Waals surface area contributed by atoms with Gasteiger partial charge in [0.1, 0.15) is 13.2 Å². The Balaban J connectivity index is 2.26. The second-order valence-corrected chi connectivity index (χ2v) is 4.15. The molecule has 1 aromatic rings. The van der Waals surface area contributed by atoms with E-state index >= 15 is 0 Å². The molecule has 2 rings (SSSR count). The zero-order valence-electron chi connectivity index (χ0n) is 9.70. The van der Waals surface area contributed by atoms with Gasteiger partial charge in [-0.05, 0) is 13.3 Å². The lowest BCUT2D eigenvalue weighted by atomic mass is 10.1. The van der Waals surface area contributed by atoms with Crippen molar-refractivity contribution in [1.82, 2.24) is 15.0 Å². The topological polar surface area (TPSA) is 92.3 Å². The molecule has 0 N–H and O–H groups in total. The van der Waals surface area contributed by atoms with Crippen LogP contribution in [0.1, 0.15) is 20.3 Å². The Morgan fingerprint density at radius 1 is 1.53 bits per heavy atom. The quantitative estimate of drug-likeness (QED) is 0.562. The van der Waals surface area contributed by atoms with Gasteiger partial charge in [0.15, 0.2) is 5.79 Å². The molecule has 0 bridgehead atoms. The van der Waals surface area contributed by atoms with E-state index in [-0.39, 0.29) is 13.2 Å². The van der Waals surface area contributed by atoms with Crippen LogP contribution in [0.25, 0.3) is 0 Å². The molecule has 2 heterocycles. The first-order valence-corrected chi connectivity index (χ1v) is 5.32. The molecule has 0 aromatic carbocycles. The van der Waals surface area contributed by atoms with Crippen molar-refractivity contribution in [2.45, 2.75) is 31.7 Å². The number of nitrogens with zero attached hydrogens (tertiary/aromatic N) is 4. The second-order valence-electron chi connectivity index (χ2n) is 4.15. The Hall–Kier alpha value is -1.54. The van der Waals surface area contributed by atoms with Crippen LogP contribution in [0.15, 0.2) is 12.4 Å². The summed E-state index contributed by atoms with van der Waals surface area (Å²) < 4.78 is 12.1. The average Bonchev–Trinajstić information content (AvgIpc) is 2.84. The van der Waals surface area contributed by atoms with E-state index in [1.54, 1.807) is 6.92 Å². The Bertz CT molecular complexity index is 397. The largest absolute Gasteiger partial charge is 0.361 e. The van der Waals surface area contributed by atoms with Crippen molar-refractivity contribution in [1.29, 1.82) is 0 Å². The van der Waals surface area contributed by atoms with Gasteiger partial charge in [-0.15, -0.1) is 5.10 Å². The van der Waals surface area contributed by atoms with Crippen LogP contribution < -0.4 is 0 Å². The van der Waals surface area contributed by atoms with Crippen LogP contribution in [-0.2, 0) is 15.1 Å². The molecule has 0 atom stereocenters. The molecule has 1 aromatic heterocycles. The lowest BCUT2D eigenvalue weighted by molar-refractivity contribution is -0.629. The SMILES string of the molecule is CCC1(C)OCC(n2ccnn2)([N+](=O)[O-])CO1. The third-order valence-electron chi connectivity index (χ3n) is 3.05. The van der Waals surface area contributed by atoms with Crippen molar-refractivity contribution in [3.05, 3.63) is 22.5 Å². The summed E-state index contributed by atoms with van der Waals surface area (Å²) in [5, 5.41) is 18.5. The highest BCUT2D eigenvalue weighted by Crippen LogP contribution is 2.30. The Labute approximate surface area is 97.7 Å². The van der Waals surface area contributed by atoms with Gasteiger partial charge in [-0.3, -0.25) is 10.1 Å². The van der Waals surface area contributed by atoms with Crippen molar-refractivity contribution in [2.24, 2.45) is 0 Å². The fourth-order valence-corrected chi connectivity index (χ4v) is 1.58. The minimum Gasteiger partial charge on any atom is -0.340 e. The lowest BCUT2D eigenvalue weighted by Gasteiger charge is -2.38. The van der Waals surface area contributed by atoms with Gasteiger partial charge >= 0.3 is 5.66 Å². The fraction of sp³-hybridized carbons (Fsp3) is 0.778. The molecule has 0 amide bonds. The summed E-state index contributed by atoms with van der Waals surface area (Å²) in [6.07, 6.45) is 3.45.